The molecule has 2 aromatic heterocycles. The second kappa shape index (κ2) is 10.1. The topological polar surface area (TPSA) is 96.2 Å². The highest BCUT2D eigenvalue weighted by molar-refractivity contribution is 7.98. The molecule has 1 fully saturated rings. The highest BCUT2D eigenvalue weighted by Gasteiger charge is 2.49. The molecule has 0 N–H and O–H groups in total. The summed E-state index contributed by atoms with van der Waals surface area (Å²) < 4.78 is 75.1. The summed E-state index contributed by atoms with van der Waals surface area (Å²) in [6.45, 7) is 2.74. The largest absolute Gasteiger partial charge is 0.534 e. The molecule has 1 aromatic carbocycles. The summed E-state index contributed by atoms with van der Waals surface area (Å²) in [5.41, 5.74) is -1.56. The van der Waals surface area contributed by atoms with Crippen molar-refractivity contribution in [2.75, 3.05) is 12.9 Å². The number of alkyl halides is 3. The molecule has 8 nitrogen and oxygen atoms in total. The van der Waals surface area contributed by atoms with Crippen LogP contribution in [0.25, 0.3) is 10.9 Å². The summed E-state index contributed by atoms with van der Waals surface area (Å²) in [5.74, 6) is -0.531. The molecular formula is C24H27F3N4O4S2. The van der Waals surface area contributed by atoms with Gasteiger partial charge >= 0.3 is 15.6 Å². The van der Waals surface area contributed by atoms with Crippen LogP contribution in [-0.4, -0.2) is 46.5 Å². The van der Waals surface area contributed by atoms with Crippen molar-refractivity contribution in [3.63, 3.8) is 0 Å². The maximum atomic E-state index is 13.0. The Bertz CT molecular complexity index is 1420. The summed E-state index contributed by atoms with van der Waals surface area (Å²) >= 11 is 1.11. The van der Waals surface area contributed by atoms with Crippen molar-refractivity contribution in [1.82, 2.24) is 19.7 Å². The number of ether oxygens (including phenoxy) is 1. The first-order chi connectivity index (χ1) is 17.6. The number of aromatic nitrogens is 4. The van der Waals surface area contributed by atoms with E-state index >= 15 is 0 Å². The molecule has 200 valence electrons. The molecular weight excluding hydrogens is 529 g/mol. The number of nitrogens with zero attached hydrogens (tertiary/aromatic N) is 4. The van der Waals surface area contributed by atoms with E-state index in [9.17, 15) is 21.6 Å². The standard InChI is InChI=1S/C24H27F3N4O4S2/c1-14-9-10-19-17(13-28-31(19)20-8-3-4-11-34-20)21(14)15-6-5-7-16-18(12-15)29-23(36-2)30-22(16)35-37(32,33)24(25,26)27/h9-10,13,15,20H,3-8,11-12H2,1-2H3. The molecule has 0 spiro atoms. The normalized spacial score (nSPS) is 21.0. The van der Waals surface area contributed by atoms with Crippen LogP contribution >= 0.6 is 11.8 Å². The predicted molar refractivity (Wildman–Crippen MR) is 132 cm³/mol. The summed E-state index contributed by atoms with van der Waals surface area (Å²) in [6.07, 6.45) is 8.52. The van der Waals surface area contributed by atoms with Crippen LogP contribution in [0.3, 0.4) is 0 Å². The predicted octanol–water partition coefficient (Wildman–Crippen LogP) is 5.45. The monoisotopic (exact) mass is 556 g/mol. The minimum absolute atomic E-state index is 0.00607. The van der Waals surface area contributed by atoms with Crippen molar-refractivity contribution >= 4 is 32.8 Å². The van der Waals surface area contributed by atoms with Gasteiger partial charge in [-0.25, -0.2) is 9.67 Å². The van der Waals surface area contributed by atoms with Crippen molar-refractivity contribution in [3.8, 4) is 5.88 Å². The molecule has 1 aliphatic carbocycles. The van der Waals surface area contributed by atoms with Gasteiger partial charge in [-0.2, -0.15) is 31.7 Å². The van der Waals surface area contributed by atoms with Crippen LogP contribution in [0.2, 0.25) is 0 Å². The van der Waals surface area contributed by atoms with Crippen molar-refractivity contribution in [2.45, 2.75) is 74.7 Å². The number of benzene rings is 1. The number of fused-ring (bicyclic) bond motifs is 2. The average molecular weight is 557 g/mol. The average Bonchev–Trinajstić information content (AvgIpc) is 3.16. The van der Waals surface area contributed by atoms with Crippen LogP contribution in [0.4, 0.5) is 13.2 Å². The van der Waals surface area contributed by atoms with Crippen molar-refractivity contribution in [3.05, 3.63) is 40.7 Å². The Hall–Kier alpha value is -2.38. The quantitative estimate of drug-likeness (QED) is 0.135. The van der Waals surface area contributed by atoms with Gasteiger partial charge in [0.05, 0.1) is 17.4 Å². The summed E-state index contributed by atoms with van der Waals surface area (Å²) in [4.78, 5) is 8.55. The number of hydrogen-bond donors (Lipinski definition) is 0. The molecule has 0 bridgehead atoms. The maximum Gasteiger partial charge on any atom is 0.534 e. The van der Waals surface area contributed by atoms with Gasteiger partial charge in [0.1, 0.15) is 0 Å². The van der Waals surface area contributed by atoms with E-state index in [0.717, 1.165) is 59.5 Å². The van der Waals surface area contributed by atoms with E-state index in [4.69, 9.17) is 4.74 Å². The molecule has 3 aromatic rings. The highest BCUT2D eigenvalue weighted by atomic mass is 32.2. The van der Waals surface area contributed by atoms with E-state index in [1.807, 2.05) is 23.9 Å². The first-order valence-electron chi connectivity index (χ1n) is 12.1. The fraction of sp³-hybridized carbons (Fsp3) is 0.542. The third-order valence-electron chi connectivity index (χ3n) is 6.99. The van der Waals surface area contributed by atoms with Gasteiger partial charge in [0.25, 0.3) is 0 Å². The second-order valence-electron chi connectivity index (χ2n) is 9.36. The van der Waals surface area contributed by atoms with E-state index in [-0.39, 0.29) is 17.3 Å². The molecule has 0 amide bonds. The van der Waals surface area contributed by atoms with Crippen LogP contribution in [0.5, 0.6) is 5.88 Å². The van der Waals surface area contributed by atoms with Crippen molar-refractivity contribution < 1.29 is 30.5 Å². The van der Waals surface area contributed by atoms with Crippen LogP contribution in [0, 0.1) is 6.92 Å². The lowest BCUT2D eigenvalue weighted by atomic mass is 9.86. The van der Waals surface area contributed by atoms with Gasteiger partial charge in [-0.1, -0.05) is 17.8 Å². The smallest absolute Gasteiger partial charge is 0.356 e. The molecule has 2 aliphatic rings. The van der Waals surface area contributed by atoms with E-state index in [1.54, 1.807) is 6.26 Å². The first kappa shape index (κ1) is 26.2. The second-order valence-corrected chi connectivity index (χ2v) is 11.7. The Balaban J connectivity index is 1.54. The maximum absolute atomic E-state index is 13.0. The molecule has 5 rings (SSSR count). The van der Waals surface area contributed by atoms with E-state index in [0.29, 0.717) is 37.1 Å². The van der Waals surface area contributed by atoms with Crippen molar-refractivity contribution in [1.29, 1.82) is 0 Å². The van der Waals surface area contributed by atoms with Crippen molar-refractivity contribution in [2.24, 2.45) is 0 Å². The van der Waals surface area contributed by atoms with Gasteiger partial charge in [0, 0.05) is 17.6 Å². The Labute approximate surface area is 217 Å². The number of thioether (sulfide) groups is 1. The molecule has 37 heavy (non-hydrogen) atoms. The van der Waals surface area contributed by atoms with Crippen LogP contribution in [0.1, 0.15) is 66.6 Å². The van der Waals surface area contributed by atoms with Gasteiger partial charge in [0.15, 0.2) is 11.4 Å². The van der Waals surface area contributed by atoms with Crippen LogP contribution < -0.4 is 4.18 Å². The van der Waals surface area contributed by atoms with Gasteiger partial charge in [-0.3, -0.25) is 0 Å². The third-order valence-corrected chi connectivity index (χ3v) is 8.48. The summed E-state index contributed by atoms with van der Waals surface area (Å²) in [6, 6.07) is 4.11. The molecule has 2 atom stereocenters. The van der Waals surface area contributed by atoms with E-state index in [1.165, 1.54) is 0 Å². The minimum atomic E-state index is -5.85. The molecule has 3 heterocycles. The molecule has 0 radical (unpaired) electrons. The fourth-order valence-corrected chi connectivity index (χ4v) is 6.08. The number of rotatable bonds is 5. The van der Waals surface area contributed by atoms with Gasteiger partial charge in [-0.05, 0) is 81.2 Å². The molecule has 2 unspecified atom stereocenters. The van der Waals surface area contributed by atoms with E-state index < -0.39 is 21.5 Å². The zero-order chi connectivity index (χ0) is 26.4. The SMILES string of the molecule is CSc1nc2c(c(OS(=O)(=O)C(F)(F)F)n1)CCCC(c1c(C)ccc3c1cnn3C1CCCCO1)C2. The molecule has 1 saturated heterocycles. The van der Waals surface area contributed by atoms with Gasteiger partial charge in [0.2, 0.25) is 5.88 Å². The third kappa shape index (κ3) is 5.05. The van der Waals surface area contributed by atoms with Gasteiger partial charge in [-0.15, -0.1) is 0 Å². The van der Waals surface area contributed by atoms with Crippen LogP contribution in [0.15, 0.2) is 23.5 Å². The highest BCUT2D eigenvalue weighted by Crippen LogP contribution is 2.40. The zero-order valence-corrected chi connectivity index (χ0v) is 22.0. The molecule has 0 saturated carbocycles. The Morgan fingerprint density at radius 1 is 1.16 bits per heavy atom. The Morgan fingerprint density at radius 2 is 1.97 bits per heavy atom. The lowest BCUT2D eigenvalue weighted by molar-refractivity contribution is -0.0501. The summed E-state index contributed by atoms with van der Waals surface area (Å²) in [5, 5.41) is 5.83. The van der Waals surface area contributed by atoms with E-state index in [2.05, 4.69) is 25.3 Å². The zero-order valence-electron chi connectivity index (χ0n) is 20.4. The number of aryl methyl sites for hydroxylation is 1. The summed E-state index contributed by atoms with van der Waals surface area (Å²) in [7, 11) is -5.85. The Morgan fingerprint density at radius 3 is 2.68 bits per heavy atom. The first-order valence-corrected chi connectivity index (χ1v) is 14.7. The molecule has 1 aliphatic heterocycles. The van der Waals surface area contributed by atoms with Gasteiger partial charge < -0.3 is 8.92 Å². The van der Waals surface area contributed by atoms with Crippen LogP contribution in [-0.2, 0) is 27.7 Å². The lowest BCUT2D eigenvalue weighted by Gasteiger charge is -2.24. The Kier molecular flexibility index (Phi) is 7.14. The number of hydrogen-bond acceptors (Lipinski definition) is 8. The fourth-order valence-electron chi connectivity index (χ4n) is 5.26. The number of halogens is 3. The lowest BCUT2D eigenvalue weighted by Crippen LogP contribution is -2.29. The minimum Gasteiger partial charge on any atom is -0.356 e. The molecule has 13 heteroatoms.